The molecule has 13 heavy (non-hydrogen) atoms. The maximum Gasteiger partial charge on any atom is 0.0102 e. The van der Waals surface area contributed by atoms with Gasteiger partial charge in [0.2, 0.25) is 0 Å². The van der Waals surface area contributed by atoms with Gasteiger partial charge in [0.25, 0.3) is 0 Å². The molecule has 0 aromatic carbocycles. The summed E-state index contributed by atoms with van der Waals surface area (Å²) in [6, 6.07) is 1.73. The molecule has 2 saturated carbocycles. The van der Waals surface area contributed by atoms with Crippen molar-refractivity contribution in [1.82, 2.24) is 5.32 Å². The molecule has 0 aromatic rings. The molecule has 4 unspecified atom stereocenters. The summed E-state index contributed by atoms with van der Waals surface area (Å²) in [5.74, 6) is 1.93. The Balaban J connectivity index is 1.74. The fraction of sp³-hybridized carbons (Fsp3) is 1.00. The molecule has 76 valence electrons. The van der Waals surface area contributed by atoms with Crippen LogP contribution in [0.4, 0.5) is 0 Å². The summed E-state index contributed by atoms with van der Waals surface area (Å²) in [6.45, 7) is 4.73. The Kier molecular flexibility index (Phi) is 2.92. The molecule has 2 aliphatic carbocycles. The third-order valence-electron chi connectivity index (χ3n) is 3.99. The first-order valence-electron chi connectivity index (χ1n) is 6.07. The molecule has 0 spiro atoms. The van der Waals surface area contributed by atoms with E-state index >= 15 is 0 Å². The largest absolute Gasteiger partial charge is 0.311 e. The van der Waals surface area contributed by atoms with E-state index in [4.69, 9.17) is 0 Å². The number of hydrogen-bond donors (Lipinski definition) is 1. The maximum absolute atomic E-state index is 3.84. The van der Waals surface area contributed by atoms with E-state index in [1.54, 1.807) is 0 Å². The van der Waals surface area contributed by atoms with Crippen molar-refractivity contribution >= 4 is 0 Å². The molecule has 0 saturated heterocycles. The van der Waals surface area contributed by atoms with Crippen LogP contribution in [0.1, 0.15) is 52.4 Å². The Bertz CT molecular complexity index is 167. The van der Waals surface area contributed by atoms with Crippen LogP contribution in [-0.4, -0.2) is 12.1 Å². The highest BCUT2D eigenvalue weighted by Crippen LogP contribution is 2.35. The fourth-order valence-electron chi connectivity index (χ4n) is 2.74. The molecule has 0 aromatic heterocycles. The highest BCUT2D eigenvalue weighted by Gasteiger charge is 2.37. The average molecular weight is 181 g/mol. The Morgan fingerprint density at radius 2 is 1.92 bits per heavy atom. The van der Waals surface area contributed by atoms with Gasteiger partial charge in [-0.2, -0.15) is 0 Å². The third-order valence-corrected chi connectivity index (χ3v) is 3.99. The molecule has 1 N–H and O–H groups in total. The van der Waals surface area contributed by atoms with Gasteiger partial charge in [0.1, 0.15) is 0 Å². The van der Waals surface area contributed by atoms with Gasteiger partial charge in [-0.15, -0.1) is 0 Å². The van der Waals surface area contributed by atoms with Gasteiger partial charge in [-0.1, -0.05) is 33.1 Å². The van der Waals surface area contributed by atoms with Crippen molar-refractivity contribution in [2.45, 2.75) is 64.5 Å². The Morgan fingerprint density at radius 3 is 2.54 bits per heavy atom. The van der Waals surface area contributed by atoms with Crippen molar-refractivity contribution < 1.29 is 0 Å². The molecule has 0 bridgehead atoms. The van der Waals surface area contributed by atoms with Gasteiger partial charge in [0.05, 0.1) is 0 Å². The van der Waals surface area contributed by atoms with E-state index in [1.165, 1.54) is 38.5 Å². The maximum atomic E-state index is 3.84. The minimum Gasteiger partial charge on any atom is -0.311 e. The highest BCUT2D eigenvalue weighted by atomic mass is 15.0. The summed E-state index contributed by atoms with van der Waals surface area (Å²) >= 11 is 0. The predicted octanol–water partition coefficient (Wildman–Crippen LogP) is 2.95. The Hall–Kier alpha value is -0.0400. The van der Waals surface area contributed by atoms with Gasteiger partial charge in [0.15, 0.2) is 0 Å². The van der Waals surface area contributed by atoms with E-state index in [2.05, 4.69) is 19.2 Å². The number of hydrogen-bond acceptors (Lipinski definition) is 1. The van der Waals surface area contributed by atoms with E-state index in [-0.39, 0.29) is 0 Å². The minimum atomic E-state index is 0.843. The van der Waals surface area contributed by atoms with Crippen molar-refractivity contribution in [3.05, 3.63) is 0 Å². The number of rotatable bonds is 3. The monoisotopic (exact) mass is 181 g/mol. The quantitative estimate of drug-likeness (QED) is 0.706. The van der Waals surface area contributed by atoms with E-state index in [1.807, 2.05) is 0 Å². The Labute approximate surface area is 82.3 Å². The molecule has 2 rings (SSSR count). The van der Waals surface area contributed by atoms with Gasteiger partial charge >= 0.3 is 0 Å². The lowest BCUT2D eigenvalue weighted by molar-refractivity contribution is 0.275. The highest BCUT2D eigenvalue weighted by molar-refractivity contribution is 4.95. The van der Waals surface area contributed by atoms with Crippen LogP contribution in [0.25, 0.3) is 0 Å². The smallest absolute Gasteiger partial charge is 0.0102 e. The SMILES string of the molecule is CCC1CC1NC1CCCCC1C. The van der Waals surface area contributed by atoms with Crippen molar-refractivity contribution in [2.24, 2.45) is 11.8 Å². The average Bonchev–Trinajstić information content (AvgIpc) is 2.88. The molecular formula is C12H23N. The van der Waals surface area contributed by atoms with Gasteiger partial charge in [-0.25, -0.2) is 0 Å². The first kappa shape index (κ1) is 9.51. The lowest BCUT2D eigenvalue weighted by atomic mass is 9.86. The fourth-order valence-corrected chi connectivity index (χ4v) is 2.74. The van der Waals surface area contributed by atoms with Crippen LogP contribution < -0.4 is 5.32 Å². The second-order valence-corrected chi connectivity index (χ2v) is 5.05. The zero-order valence-electron chi connectivity index (χ0n) is 9.05. The van der Waals surface area contributed by atoms with Gasteiger partial charge in [0, 0.05) is 12.1 Å². The lowest BCUT2D eigenvalue weighted by Crippen LogP contribution is -2.39. The van der Waals surface area contributed by atoms with E-state index in [9.17, 15) is 0 Å². The van der Waals surface area contributed by atoms with Crippen molar-refractivity contribution in [2.75, 3.05) is 0 Å². The predicted molar refractivity (Wildman–Crippen MR) is 56.7 cm³/mol. The van der Waals surface area contributed by atoms with Gasteiger partial charge < -0.3 is 5.32 Å². The molecule has 2 fully saturated rings. The van der Waals surface area contributed by atoms with Crippen molar-refractivity contribution in [1.29, 1.82) is 0 Å². The molecule has 2 aliphatic rings. The second-order valence-electron chi connectivity index (χ2n) is 5.05. The summed E-state index contributed by atoms with van der Waals surface area (Å²) < 4.78 is 0. The third kappa shape index (κ3) is 2.25. The van der Waals surface area contributed by atoms with Crippen LogP contribution in [0.15, 0.2) is 0 Å². The van der Waals surface area contributed by atoms with Crippen LogP contribution in [-0.2, 0) is 0 Å². The van der Waals surface area contributed by atoms with Crippen LogP contribution in [0.2, 0.25) is 0 Å². The topological polar surface area (TPSA) is 12.0 Å². The standard InChI is InChI=1S/C12H23N/c1-3-10-8-12(10)13-11-7-5-4-6-9(11)2/h9-13H,3-8H2,1-2H3. The van der Waals surface area contributed by atoms with Crippen LogP contribution in [0.3, 0.4) is 0 Å². The molecule has 0 amide bonds. The second kappa shape index (κ2) is 4.00. The molecular weight excluding hydrogens is 158 g/mol. The number of nitrogens with one attached hydrogen (secondary N) is 1. The molecule has 1 nitrogen and oxygen atoms in total. The first-order valence-corrected chi connectivity index (χ1v) is 6.07. The summed E-state index contributed by atoms with van der Waals surface area (Å²) in [6.07, 6.45) is 8.60. The molecule has 1 heteroatoms. The zero-order valence-corrected chi connectivity index (χ0v) is 9.05. The summed E-state index contributed by atoms with van der Waals surface area (Å²) in [5, 5.41) is 3.84. The Morgan fingerprint density at radius 1 is 1.15 bits per heavy atom. The van der Waals surface area contributed by atoms with Gasteiger partial charge in [-0.3, -0.25) is 0 Å². The minimum absolute atomic E-state index is 0.843. The van der Waals surface area contributed by atoms with Crippen molar-refractivity contribution in [3.63, 3.8) is 0 Å². The van der Waals surface area contributed by atoms with Crippen LogP contribution in [0.5, 0.6) is 0 Å². The first-order chi connectivity index (χ1) is 6.31. The molecule has 4 atom stereocenters. The lowest BCUT2D eigenvalue weighted by Gasteiger charge is -2.29. The molecule has 0 radical (unpaired) electrons. The molecule has 0 aliphatic heterocycles. The molecule has 0 heterocycles. The zero-order chi connectivity index (χ0) is 9.26. The normalized spacial score (nSPS) is 44.8. The van der Waals surface area contributed by atoms with E-state index < -0.39 is 0 Å². The summed E-state index contributed by atoms with van der Waals surface area (Å²) in [7, 11) is 0. The summed E-state index contributed by atoms with van der Waals surface area (Å²) in [5.41, 5.74) is 0. The van der Waals surface area contributed by atoms with Crippen LogP contribution >= 0.6 is 0 Å². The van der Waals surface area contributed by atoms with Crippen molar-refractivity contribution in [3.8, 4) is 0 Å². The summed E-state index contributed by atoms with van der Waals surface area (Å²) in [4.78, 5) is 0. The van der Waals surface area contributed by atoms with E-state index in [0.29, 0.717) is 0 Å². The van der Waals surface area contributed by atoms with E-state index in [0.717, 1.165) is 23.9 Å². The van der Waals surface area contributed by atoms with Gasteiger partial charge in [-0.05, 0) is 31.1 Å². The van der Waals surface area contributed by atoms with Crippen LogP contribution in [0, 0.1) is 11.8 Å².